The molecule has 7 heteroatoms. The van der Waals surface area contributed by atoms with Crippen LogP contribution in [-0.2, 0) is 11.3 Å². The summed E-state index contributed by atoms with van der Waals surface area (Å²) in [5, 5.41) is 3.97. The minimum Gasteiger partial charge on any atom is -0.497 e. The molecule has 1 aliphatic rings. The molecule has 0 aliphatic heterocycles. The molecule has 1 fully saturated rings. The van der Waals surface area contributed by atoms with Gasteiger partial charge < -0.3 is 24.3 Å². The number of benzene rings is 2. The predicted octanol–water partition coefficient (Wildman–Crippen LogP) is 4.40. The molecule has 0 atom stereocenters. The van der Waals surface area contributed by atoms with Gasteiger partial charge in [-0.15, -0.1) is 0 Å². The first-order valence-corrected chi connectivity index (χ1v) is 10.2. The van der Waals surface area contributed by atoms with Gasteiger partial charge in [0, 0.05) is 17.6 Å². The zero-order valence-corrected chi connectivity index (χ0v) is 17.9. The van der Waals surface area contributed by atoms with Crippen molar-refractivity contribution in [1.82, 2.24) is 10.3 Å². The first-order valence-electron chi connectivity index (χ1n) is 10.2. The highest BCUT2D eigenvalue weighted by Crippen LogP contribution is 2.38. The molecule has 3 aromatic rings. The lowest BCUT2D eigenvalue weighted by Gasteiger charge is -2.19. The van der Waals surface area contributed by atoms with Crippen molar-refractivity contribution in [3.05, 3.63) is 59.8 Å². The summed E-state index contributed by atoms with van der Waals surface area (Å²) in [4.78, 5) is 16.7. The van der Waals surface area contributed by atoms with Gasteiger partial charge in [0.15, 0.2) is 11.5 Å². The number of fused-ring (bicyclic) bond motifs is 1. The van der Waals surface area contributed by atoms with Crippen LogP contribution in [-0.4, -0.2) is 37.4 Å². The van der Waals surface area contributed by atoms with E-state index in [4.69, 9.17) is 18.9 Å². The molecule has 162 valence electrons. The van der Waals surface area contributed by atoms with Crippen molar-refractivity contribution in [2.24, 2.45) is 0 Å². The van der Waals surface area contributed by atoms with Crippen LogP contribution in [0.25, 0.3) is 10.9 Å². The molecule has 1 aromatic heterocycles. The van der Waals surface area contributed by atoms with Crippen molar-refractivity contribution in [2.45, 2.75) is 31.9 Å². The third kappa shape index (κ3) is 4.82. The van der Waals surface area contributed by atoms with E-state index in [-0.39, 0.29) is 6.61 Å². The molecular weight excluding hydrogens is 396 g/mol. The van der Waals surface area contributed by atoms with Gasteiger partial charge in [0.05, 0.1) is 25.3 Å². The van der Waals surface area contributed by atoms with E-state index in [0.717, 1.165) is 40.6 Å². The van der Waals surface area contributed by atoms with E-state index in [1.807, 2.05) is 49.4 Å². The van der Waals surface area contributed by atoms with Crippen LogP contribution >= 0.6 is 0 Å². The maximum absolute atomic E-state index is 12.3. The quantitative estimate of drug-likeness (QED) is 0.580. The van der Waals surface area contributed by atoms with Gasteiger partial charge in [-0.2, -0.15) is 0 Å². The van der Waals surface area contributed by atoms with Gasteiger partial charge in [0.2, 0.25) is 0 Å². The molecular formula is C24H26N2O5. The van der Waals surface area contributed by atoms with Gasteiger partial charge in [-0.25, -0.2) is 4.79 Å². The molecule has 0 spiro atoms. The number of aromatic nitrogens is 1. The fraction of sp³-hybridized carbons (Fsp3) is 0.333. The number of ether oxygens (including phenoxy) is 4. The Labute approximate surface area is 181 Å². The number of pyridine rings is 1. The number of methoxy groups -OCH3 is 2. The number of hydrogen-bond donors (Lipinski definition) is 1. The Morgan fingerprint density at radius 2 is 1.84 bits per heavy atom. The molecule has 1 heterocycles. The zero-order valence-electron chi connectivity index (χ0n) is 17.9. The summed E-state index contributed by atoms with van der Waals surface area (Å²) in [7, 11) is 3.22. The predicted molar refractivity (Wildman–Crippen MR) is 117 cm³/mol. The molecule has 0 saturated heterocycles. The number of nitrogens with one attached hydrogen (secondary N) is 1. The van der Waals surface area contributed by atoms with Crippen LogP contribution in [0.5, 0.6) is 17.2 Å². The van der Waals surface area contributed by atoms with Crippen LogP contribution in [0.15, 0.2) is 48.7 Å². The third-order valence-corrected chi connectivity index (χ3v) is 5.50. The molecule has 7 nitrogen and oxygen atoms in total. The molecule has 0 radical (unpaired) electrons. The number of rotatable bonds is 8. The summed E-state index contributed by atoms with van der Waals surface area (Å²) in [6.45, 7) is 2.55. The summed E-state index contributed by atoms with van der Waals surface area (Å²) in [6, 6.07) is 13.2. The van der Waals surface area contributed by atoms with Crippen molar-refractivity contribution in [3.8, 4) is 17.2 Å². The van der Waals surface area contributed by atoms with E-state index in [9.17, 15) is 4.79 Å². The van der Waals surface area contributed by atoms with Gasteiger partial charge in [-0.3, -0.25) is 4.98 Å². The van der Waals surface area contributed by atoms with E-state index < -0.39 is 11.6 Å². The molecule has 1 amide bonds. The highest BCUT2D eigenvalue weighted by Gasteiger charge is 2.45. The fourth-order valence-corrected chi connectivity index (χ4v) is 3.36. The Hall–Kier alpha value is -3.48. The summed E-state index contributed by atoms with van der Waals surface area (Å²) >= 11 is 0. The number of hydrogen-bond acceptors (Lipinski definition) is 6. The Morgan fingerprint density at radius 1 is 1.06 bits per heavy atom. The highest BCUT2D eigenvalue weighted by atomic mass is 16.6. The van der Waals surface area contributed by atoms with Crippen molar-refractivity contribution in [3.63, 3.8) is 0 Å². The molecule has 2 aromatic carbocycles. The maximum atomic E-state index is 12.3. The van der Waals surface area contributed by atoms with E-state index in [1.165, 1.54) is 0 Å². The van der Waals surface area contributed by atoms with Gasteiger partial charge >= 0.3 is 6.09 Å². The molecule has 1 saturated carbocycles. The van der Waals surface area contributed by atoms with Crippen molar-refractivity contribution < 1.29 is 23.7 Å². The molecule has 0 unspecified atom stereocenters. The number of carbonyl (C=O) groups excluding carboxylic acids is 1. The van der Waals surface area contributed by atoms with Crippen molar-refractivity contribution in [2.75, 3.05) is 20.8 Å². The SMILES string of the molecule is COc1ccc(COC(=O)NC2(COc3cc4nccc(C)c4cc3OC)CC2)cc1. The van der Waals surface area contributed by atoms with E-state index in [0.29, 0.717) is 18.1 Å². The Kier molecular flexibility index (Phi) is 5.84. The first-order chi connectivity index (χ1) is 15.0. The minimum atomic E-state index is -0.459. The van der Waals surface area contributed by atoms with Crippen LogP contribution in [0.4, 0.5) is 4.79 Å². The Bertz CT molecular complexity index is 1080. The largest absolute Gasteiger partial charge is 0.497 e. The number of alkyl carbamates (subject to hydrolysis) is 1. The van der Waals surface area contributed by atoms with Gasteiger partial charge in [-0.1, -0.05) is 12.1 Å². The van der Waals surface area contributed by atoms with E-state index in [1.54, 1.807) is 20.4 Å². The third-order valence-electron chi connectivity index (χ3n) is 5.50. The van der Waals surface area contributed by atoms with Gasteiger partial charge in [0.25, 0.3) is 0 Å². The van der Waals surface area contributed by atoms with E-state index in [2.05, 4.69) is 10.3 Å². The lowest BCUT2D eigenvalue weighted by Crippen LogP contribution is -2.41. The summed E-state index contributed by atoms with van der Waals surface area (Å²) in [5.74, 6) is 2.01. The average Bonchev–Trinajstić information content (AvgIpc) is 3.55. The van der Waals surface area contributed by atoms with Crippen molar-refractivity contribution >= 4 is 17.0 Å². The molecule has 4 rings (SSSR count). The first kappa shape index (κ1) is 20.8. The Morgan fingerprint density at radius 3 is 2.52 bits per heavy atom. The van der Waals surface area contributed by atoms with Crippen LogP contribution in [0.1, 0.15) is 24.0 Å². The minimum absolute atomic E-state index is 0.191. The molecule has 31 heavy (non-hydrogen) atoms. The second-order valence-corrected chi connectivity index (χ2v) is 7.77. The van der Waals surface area contributed by atoms with Gasteiger partial charge in [-0.05, 0) is 55.2 Å². The number of amides is 1. The van der Waals surface area contributed by atoms with Gasteiger partial charge in [0.1, 0.15) is 19.0 Å². The van der Waals surface area contributed by atoms with Crippen LogP contribution in [0.3, 0.4) is 0 Å². The second-order valence-electron chi connectivity index (χ2n) is 7.77. The second kappa shape index (κ2) is 8.71. The monoisotopic (exact) mass is 422 g/mol. The van der Waals surface area contributed by atoms with Crippen molar-refractivity contribution in [1.29, 1.82) is 0 Å². The summed E-state index contributed by atoms with van der Waals surface area (Å²) in [5.41, 5.74) is 2.43. The fourth-order valence-electron chi connectivity index (χ4n) is 3.36. The lowest BCUT2D eigenvalue weighted by molar-refractivity contribution is 0.128. The van der Waals surface area contributed by atoms with Crippen LogP contribution in [0.2, 0.25) is 0 Å². The number of aryl methyl sites for hydroxylation is 1. The molecule has 1 aliphatic carbocycles. The standard InChI is InChI=1S/C24H26N2O5/c1-16-8-11-25-20-13-22(21(29-3)12-19(16)20)31-15-24(9-10-24)26-23(27)30-14-17-4-6-18(28-2)7-5-17/h4-8,11-13H,9-10,14-15H2,1-3H3,(H,26,27). The normalized spacial score (nSPS) is 14.0. The Balaban J connectivity index is 1.35. The molecule has 0 bridgehead atoms. The number of nitrogens with zero attached hydrogens (tertiary/aromatic N) is 1. The average molecular weight is 422 g/mol. The van der Waals surface area contributed by atoms with Crippen LogP contribution < -0.4 is 19.5 Å². The van der Waals surface area contributed by atoms with E-state index >= 15 is 0 Å². The maximum Gasteiger partial charge on any atom is 0.408 e. The highest BCUT2D eigenvalue weighted by molar-refractivity contribution is 5.85. The molecule has 1 N–H and O–H groups in total. The number of carbonyl (C=O) groups is 1. The summed E-state index contributed by atoms with van der Waals surface area (Å²) in [6.07, 6.45) is 2.98. The smallest absolute Gasteiger partial charge is 0.408 e. The summed E-state index contributed by atoms with van der Waals surface area (Å²) < 4.78 is 22.0. The topological polar surface area (TPSA) is 78.9 Å². The van der Waals surface area contributed by atoms with Crippen LogP contribution in [0, 0.1) is 6.92 Å². The lowest BCUT2D eigenvalue weighted by atomic mass is 10.1. The zero-order chi connectivity index (χ0) is 21.8.